The van der Waals surface area contributed by atoms with Crippen molar-refractivity contribution in [3.05, 3.63) is 54.1 Å². The third-order valence-corrected chi connectivity index (χ3v) is 8.94. The van der Waals surface area contributed by atoms with Gasteiger partial charge >= 0.3 is 0 Å². The summed E-state index contributed by atoms with van der Waals surface area (Å²) in [7, 11) is -3.66. The minimum absolute atomic E-state index is 0.0455. The molecule has 188 valence electrons. The molecular weight excluding hydrogens is 466 g/mol. The number of sulfonamides is 1. The second-order valence-corrected chi connectivity index (χ2v) is 11.5. The van der Waals surface area contributed by atoms with Crippen LogP contribution >= 0.6 is 0 Å². The van der Waals surface area contributed by atoms with Crippen LogP contribution in [0.4, 0.5) is 0 Å². The lowest BCUT2D eigenvalue weighted by molar-refractivity contribution is -0.126. The number of amides is 1. The Hall–Kier alpha value is -2.62. The average molecular weight is 500 g/mol. The summed E-state index contributed by atoms with van der Waals surface area (Å²) in [6.07, 6.45) is 2.75. The van der Waals surface area contributed by atoms with Crippen LogP contribution in [0.25, 0.3) is 0 Å². The maximum absolute atomic E-state index is 13.2. The predicted molar refractivity (Wildman–Crippen MR) is 132 cm³/mol. The Kier molecular flexibility index (Phi) is 7.27. The number of carbonyl (C=O) groups is 1. The Morgan fingerprint density at radius 1 is 0.943 bits per heavy atom. The molecule has 0 aliphatic carbocycles. The van der Waals surface area contributed by atoms with Crippen molar-refractivity contribution in [3.8, 4) is 11.5 Å². The molecule has 2 aromatic rings. The Bertz CT molecular complexity index is 1130. The van der Waals surface area contributed by atoms with Crippen LogP contribution in [0.1, 0.15) is 31.2 Å². The van der Waals surface area contributed by atoms with Gasteiger partial charge in [0.15, 0.2) is 11.5 Å². The monoisotopic (exact) mass is 499 g/mol. The van der Waals surface area contributed by atoms with Crippen LogP contribution in [0.15, 0.2) is 53.4 Å². The smallest absolute Gasteiger partial charge is 0.243 e. The summed E-state index contributed by atoms with van der Waals surface area (Å²) in [5, 5.41) is 3.21. The molecule has 3 aliphatic heterocycles. The molecule has 9 heteroatoms. The maximum Gasteiger partial charge on any atom is 0.243 e. The molecule has 5 rings (SSSR count). The number of nitrogens with one attached hydrogen (secondary N) is 1. The van der Waals surface area contributed by atoms with E-state index in [-0.39, 0.29) is 22.8 Å². The molecule has 0 bridgehead atoms. The van der Waals surface area contributed by atoms with E-state index in [1.54, 1.807) is 18.2 Å². The lowest BCUT2D eigenvalue weighted by atomic mass is 9.97. The predicted octanol–water partition coefficient (Wildman–Crippen LogP) is 2.64. The topological polar surface area (TPSA) is 88.2 Å². The maximum atomic E-state index is 13.2. The number of fused-ring (bicyclic) bond motifs is 1. The first-order valence-corrected chi connectivity index (χ1v) is 13.9. The SMILES string of the molecule is O=C(NC1CCN(Cc2ccccc2)C1)C1CCN(S(=O)(=O)c2ccc3c(c2)OCCCO3)CC1. The van der Waals surface area contributed by atoms with E-state index in [1.165, 1.54) is 9.87 Å². The van der Waals surface area contributed by atoms with Crippen molar-refractivity contribution in [1.29, 1.82) is 0 Å². The van der Waals surface area contributed by atoms with Gasteiger partial charge in [0, 0.05) is 57.2 Å². The molecule has 2 fully saturated rings. The van der Waals surface area contributed by atoms with E-state index in [4.69, 9.17) is 9.47 Å². The lowest BCUT2D eigenvalue weighted by Crippen LogP contribution is -2.45. The summed E-state index contributed by atoms with van der Waals surface area (Å²) < 4.78 is 39.2. The van der Waals surface area contributed by atoms with Crippen molar-refractivity contribution in [1.82, 2.24) is 14.5 Å². The molecule has 8 nitrogen and oxygen atoms in total. The summed E-state index contributed by atoms with van der Waals surface area (Å²) in [5.41, 5.74) is 1.28. The van der Waals surface area contributed by atoms with E-state index in [9.17, 15) is 13.2 Å². The fourth-order valence-electron chi connectivity index (χ4n) is 5.07. The number of likely N-dealkylation sites (tertiary alicyclic amines) is 1. The van der Waals surface area contributed by atoms with Crippen molar-refractivity contribution in [2.24, 2.45) is 5.92 Å². The van der Waals surface area contributed by atoms with E-state index in [0.717, 1.165) is 32.5 Å². The Labute approximate surface area is 207 Å². The van der Waals surface area contributed by atoms with Gasteiger partial charge in [-0.05, 0) is 37.0 Å². The Balaban J connectivity index is 1.12. The summed E-state index contributed by atoms with van der Waals surface area (Å²) in [6, 6.07) is 15.3. The zero-order valence-electron chi connectivity index (χ0n) is 19.9. The number of hydrogen-bond acceptors (Lipinski definition) is 6. The van der Waals surface area contributed by atoms with Crippen LogP contribution < -0.4 is 14.8 Å². The number of nitrogens with zero attached hydrogens (tertiary/aromatic N) is 2. The average Bonchev–Trinajstić information content (AvgIpc) is 3.17. The molecule has 3 aliphatic rings. The molecule has 2 saturated heterocycles. The molecular formula is C26H33N3O5S. The summed E-state index contributed by atoms with van der Waals surface area (Å²) in [6.45, 7) is 4.43. The van der Waals surface area contributed by atoms with Crippen molar-refractivity contribution in [2.75, 3.05) is 39.4 Å². The van der Waals surface area contributed by atoms with Crippen LogP contribution in [-0.4, -0.2) is 69.0 Å². The summed E-state index contributed by atoms with van der Waals surface area (Å²) >= 11 is 0. The van der Waals surface area contributed by atoms with Crippen LogP contribution in [0.5, 0.6) is 11.5 Å². The molecule has 3 heterocycles. The second kappa shape index (κ2) is 10.6. The van der Waals surface area contributed by atoms with Gasteiger partial charge in [-0.1, -0.05) is 30.3 Å². The number of hydrogen-bond donors (Lipinski definition) is 1. The highest BCUT2D eigenvalue weighted by atomic mass is 32.2. The number of benzene rings is 2. The molecule has 35 heavy (non-hydrogen) atoms. The van der Waals surface area contributed by atoms with Gasteiger partial charge in [0.1, 0.15) is 0 Å². The molecule has 1 unspecified atom stereocenters. The molecule has 0 spiro atoms. The molecule has 0 radical (unpaired) electrons. The number of piperidine rings is 1. The van der Waals surface area contributed by atoms with Gasteiger partial charge in [0.05, 0.1) is 18.1 Å². The van der Waals surface area contributed by atoms with Crippen LogP contribution in [0, 0.1) is 5.92 Å². The fourth-order valence-corrected chi connectivity index (χ4v) is 6.55. The normalized spacial score (nSPS) is 22.0. The fraction of sp³-hybridized carbons (Fsp3) is 0.500. The first-order chi connectivity index (χ1) is 17.0. The largest absolute Gasteiger partial charge is 0.490 e. The summed E-state index contributed by atoms with van der Waals surface area (Å²) in [5.74, 6) is 0.930. The molecule has 0 aromatic heterocycles. The second-order valence-electron chi connectivity index (χ2n) is 9.55. The van der Waals surface area contributed by atoms with Gasteiger partial charge < -0.3 is 14.8 Å². The van der Waals surface area contributed by atoms with Crippen LogP contribution in [-0.2, 0) is 21.4 Å². The molecule has 1 amide bonds. The first-order valence-electron chi connectivity index (χ1n) is 12.5. The molecule has 1 N–H and O–H groups in total. The highest BCUT2D eigenvalue weighted by Gasteiger charge is 2.34. The summed E-state index contributed by atoms with van der Waals surface area (Å²) in [4.78, 5) is 15.5. The van der Waals surface area contributed by atoms with E-state index in [1.807, 2.05) is 18.2 Å². The first kappa shape index (κ1) is 24.1. The number of ether oxygens (including phenoxy) is 2. The van der Waals surface area contributed by atoms with Gasteiger partial charge in [-0.2, -0.15) is 4.31 Å². The van der Waals surface area contributed by atoms with E-state index >= 15 is 0 Å². The zero-order chi connectivity index (χ0) is 24.3. The molecule has 0 saturated carbocycles. The number of carbonyl (C=O) groups excluding carboxylic acids is 1. The van der Waals surface area contributed by atoms with Crippen LogP contribution in [0.3, 0.4) is 0 Å². The van der Waals surface area contributed by atoms with Gasteiger partial charge in [0.25, 0.3) is 0 Å². The van der Waals surface area contributed by atoms with Crippen LogP contribution in [0.2, 0.25) is 0 Å². The van der Waals surface area contributed by atoms with E-state index < -0.39 is 10.0 Å². The van der Waals surface area contributed by atoms with Crippen molar-refractivity contribution < 1.29 is 22.7 Å². The van der Waals surface area contributed by atoms with E-state index in [0.29, 0.717) is 50.6 Å². The Morgan fingerprint density at radius 3 is 2.46 bits per heavy atom. The highest BCUT2D eigenvalue weighted by molar-refractivity contribution is 7.89. The highest BCUT2D eigenvalue weighted by Crippen LogP contribution is 2.34. The molecule has 1 atom stereocenters. The van der Waals surface area contributed by atoms with Gasteiger partial charge in [-0.15, -0.1) is 0 Å². The zero-order valence-corrected chi connectivity index (χ0v) is 20.7. The van der Waals surface area contributed by atoms with Gasteiger partial charge in [-0.3, -0.25) is 9.69 Å². The minimum atomic E-state index is -3.66. The molecule has 2 aromatic carbocycles. The van der Waals surface area contributed by atoms with Crippen molar-refractivity contribution >= 4 is 15.9 Å². The Morgan fingerprint density at radius 2 is 1.69 bits per heavy atom. The van der Waals surface area contributed by atoms with Crippen molar-refractivity contribution in [3.63, 3.8) is 0 Å². The lowest BCUT2D eigenvalue weighted by Gasteiger charge is -2.31. The third kappa shape index (κ3) is 5.63. The van der Waals surface area contributed by atoms with Crippen molar-refractivity contribution in [2.45, 2.75) is 43.2 Å². The standard InChI is InChI=1S/C26H33N3O5S/c30-26(27-22-11-12-28(19-22)18-20-5-2-1-3-6-20)21-9-13-29(14-10-21)35(31,32)23-7-8-24-25(17-23)34-16-4-15-33-24/h1-3,5-8,17,21-22H,4,9-16,18-19H2,(H,27,30). The third-order valence-electron chi connectivity index (χ3n) is 7.05. The van der Waals surface area contributed by atoms with Gasteiger partial charge in [0.2, 0.25) is 15.9 Å². The van der Waals surface area contributed by atoms with Gasteiger partial charge in [-0.25, -0.2) is 8.42 Å². The minimum Gasteiger partial charge on any atom is -0.490 e. The number of rotatable bonds is 6. The quantitative estimate of drug-likeness (QED) is 0.658. The van der Waals surface area contributed by atoms with E-state index in [2.05, 4.69) is 22.3 Å².